The third-order valence-corrected chi connectivity index (χ3v) is 2.08. The van der Waals surface area contributed by atoms with Gasteiger partial charge in [0, 0.05) is 18.5 Å². The average Bonchev–Trinajstić information content (AvgIpc) is 1.57. The van der Waals surface area contributed by atoms with Crippen molar-refractivity contribution in [1.82, 2.24) is 4.90 Å². The van der Waals surface area contributed by atoms with Crippen LogP contribution < -0.4 is 0 Å². The summed E-state index contributed by atoms with van der Waals surface area (Å²) in [5, 5.41) is 0. The first-order valence-electron chi connectivity index (χ1n) is 3.32. The molecule has 1 rings (SSSR count). The fourth-order valence-corrected chi connectivity index (χ4v) is 1.48. The summed E-state index contributed by atoms with van der Waals surface area (Å²) in [6, 6.07) is 0. The highest BCUT2D eigenvalue weighted by Crippen LogP contribution is 2.22. The second-order valence-corrected chi connectivity index (χ2v) is 3.94. The summed E-state index contributed by atoms with van der Waals surface area (Å²) in [6.45, 7) is 7.73. The zero-order valence-electron chi connectivity index (χ0n) is 6.27. The molecule has 0 saturated carbocycles. The van der Waals surface area contributed by atoms with E-state index in [1.54, 1.807) is 0 Å². The topological polar surface area (TPSA) is 3.24 Å². The lowest BCUT2D eigenvalue weighted by atomic mass is 10.0. The van der Waals surface area contributed by atoms with Crippen LogP contribution in [-0.2, 0) is 0 Å². The summed E-state index contributed by atoms with van der Waals surface area (Å²) >= 11 is 5.08. The van der Waals surface area contributed by atoms with Crippen molar-refractivity contribution < 1.29 is 0 Å². The van der Waals surface area contributed by atoms with Gasteiger partial charge in [-0.25, -0.2) is 0 Å². The molecule has 0 N–H and O–H groups in total. The van der Waals surface area contributed by atoms with Gasteiger partial charge in [0.05, 0.1) is 4.99 Å². The van der Waals surface area contributed by atoms with Crippen LogP contribution in [0.3, 0.4) is 0 Å². The monoisotopic (exact) mass is 143 g/mol. The van der Waals surface area contributed by atoms with Gasteiger partial charge in [0.2, 0.25) is 0 Å². The Balaban J connectivity index is 2.54. The van der Waals surface area contributed by atoms with Crippen molar-refractivity contribution in [3.8, 4) is 0 Å². The number of likely N-dealkylation sites (tertiary alicyclic amines) is 1. The van der Waals surface area contributed by atoms with Gasteiger partial charge in [0.1, 0.15) is 0 Å². The second-order valence-electron chi connectivity index (χ2n) is 3.47. The number of hydrogen-bond donors (Lipinski definition) is 0. The molecule has 0 spiro atoms. The number of rotatable bonds is 0. The molecular formula is C7H13NS. The molecule has 52 valence electrons. The minimum Gasteiger partial charge on any atom is -0.361 e. The normalized spacial score (nSPS) is 19.9. The second kappa shape index (κ2) is 1.94. The van der Waals surface area contributed by atoms with Crippen LogP contribution in [0.2, 0.25) is 0 Å². The summed E-state index contributed by atoms with van der Waals surface area (Å²) < 4.78 is 0. The van der Waals surface area contributed by atoms with Crippen LogP contribution in [0.25, 0.3) is 0 Å². The van der Waals surface area contributed by atoms with E-state index in [2.05, 4.69) is 25.7 Å². The van der Waals surface area contributed by atoms with Crippen LogP contribution in [0.4, 0.5) is 0 Å². The highest BCUT2D eigenvalue weighted by atomic mass is 32.1. The van der Waals surface area contributed by atoms with Crippen LogP contribution in [0.5, 0.6) is 0 Å². The SMILES string of the molecule is CC(C)(C)N1CCC1=S. The molecule has 1 saturated heterocycles. The van der Waals surface area contributed by atoms with Crippen LogP contribution >= 0.6 is 12.2 Å². The number of nitrogens with zero attached hydrogens (tertiary/aromatic N) is 1. The molecule has 0 bridgehead atoms. The molecule has 0 atom stereocenters. The molecule has 0 aromatic rings. The van der Waals surface area contributed by atoms with E-state index in [4.69, 9.17) is 12.2 Å². The maximum Gasteiger partial charge on any atom is 0.0801 e. The van der Waals surface area contributed by atoms with Gasteiger partial charge in [0.25, 0.3) is 0 Å². The van der Waals surface area contributed by atoms with Crippen molar-refractivity contribution >= 4 is 17.2 Å². The predicted molar refractivity (Wildman–Crippen MR) is 43.7 cm³/mol. The van der Waals surface area contributed by atoms with Gasteiger partial charge in [0.15, 0.2) is 0 Å². The highest BCUT2D eigenvalue weighted by Gasteiger charge is 2.29. The third kappa shape index (κ3) is 1.23. The van der Waals surface area contributed by atoms with Crippen molar-refractivity contribution in [3.05, 3.63) is 0 Å². The molecule has 0 aromatic carbocycles. The lowest BCUT2D eigenvalue weighted by Gasteiger charge is -2.44. The van der Waals surface area contributed by atoms with Crippen LogP contribution in [-0.4, -0.2) is 22.0 Å². The van der Waals surface area contributed by atoms with Crippen LogP contribution in [0.15, 0.2) is 0 Å². The lowest BCUT2D eigenvalue weighted by Crippen LogP contribution is -2.53. The fourth-order valence-electron chi connectivity index (χ4n) is 1.02. The quantitative estimate of drug-likeness (QED) is 0.476. The van der Waals surface area contributed by atoms with Crippen molar-refractivity contribution in [2.75, 3.05) is 6.54 Å². The summed E-state index contributed by atoms with van der Waals surface area (Å²) in [4.78, 5) is 3.39. The molecule has 1 nitrogen and oxygen atoms in total. The minimum absolute atomic E-state index is 0.259. The Labute approximate surface area is 62.0 Å². The van der Waals surface area contributed by atoms with Gasteiger partial charge >= 0.3 is 0 Å². The van der Waals surface area contributed by atoms with E-state index in [-0.39, 0.29) is 5.54 Å². The molecule has 0 radical (unpaired) electrons. The van der Waals surface area contributed by atoms with Gasteiger partial charge in [-0.3, -0.25) is 0 Å². The van der Waals surface area contributed by atoms with Crippen molar-refractivity contribution in [3.63, 3.8) is 0 Å². The Bertz CT molecular complexity index is 134. The molecule has 0 aliphatic carbocycles. The van der Waals surface area contributed by atoms with Crippen molar-refractivity contribution in [2.45, 2.75) is 32.7 Å². The first-order valence-corrected chi connectivity index (χ1v) is 3.73. The summed E-state index contributed by atoms with van der Waals surface area (Å²) in [6.07, 6.45) is 1.12. The highest BCUT2D eigenvalue weighted by molar-refractivity contribution is 7.80. The molecule has 1 fully saturated rings. The third-order valence-electron chi connectivity index (χ3n) is 1.66. The minimum atomic E-state index is 0.259. The summed E-state index contributed by atoms with van der Waals surface area (Å²) in [7, 11) is 0. The first-order chi connectivity index (χ1) is 4.02. The van der Waals surface area contributed by atoms with Crippen molar-refractivity contribution in [2.24, 2.45) is 0 Å². The Kier molecular flexibility index (Phi) is 1.51. The summed E-state index contributed by atoms with van der Waals surface area (Å²) in [5.74, 6) is 0. The lowest BCUT2D eigenvalue weighted by molar-refractivity contribution is 0.205. The molecular weight excluding hydrogens is 130 g/mol. The summed E-state index contributed by atoms with van der Waals surface area (Å²) in [5.41, 5.74) is 0.259. The maximum absolute atomic E-state index is 5.08. The molecule has 2 heteroatoms. The van der Waals surface area contributed by atoms with E-state index >= 15 is 0 Å². The first kappa shape index (κ1) is 7.00. The molecule has 9 heavy (non-hydrogen) atoms. The number of hydrogen-bond acceptors (Lipinski definition) is 1. The van der Waals surface area contributed by atoms with Gasteiger partial charge in [-0.05, 0) is 20.8 Å². The standard InChI is InChI=1S/C7H13NS/c1-7(2,3)8-5-4-6(8)9/h4-5H2,1-3H3. The predicted octanol–water partition coefficient (Wildman–Crippen LogP) is 1.82. The van der Waals surface area contributed by atoms with E-state index < -0.39 is 0 Å². The Hall–Kier alpha value is -0.110. The molecule has 1 aliphatic rings. The van der Waals surface area contributed by atoms with Crippen molar-refractivity contribution in [1.29, 1.82) is 0 Å². The van der Waals surface area contributed by atoms with E-state index in [0.29, 0.717) is 0 Å². The largest absolute Gasteiger partial charge is 0.361 e. The zero-order chi connectivity index (χ0) is 7.07. The van der Waals surface area contributed by atoms with E-state index in [1.807, 2.05) is 0 Å². The molecule has 0 aromatic heterocycles. The van der Waals surface area contributed by atoms with Gasteiger partial charge in [-0.15, -0.1) is 0 Å². The van der Waals surface area contributed by atoms with Gasteiger partial charge < -0.3 is 4.90 Å². The number of thiocarbonyl (C=S) groups is 1. The smallest absolute Gasteiger partial charge is 0.0801 e. The zero-order valence-corrected chi connectivity index (χ0v) is 7.09. The average molecular weight is 143 g/mol. The van der Waals surface area contributed by atoms with Crippen LogP contribution in [0, 0.1) is 0 Å². The molecule has 0 unspecified atom stereocenters. The van der Waals surface area contributed by atoms with E-state index in [1.165, 1.54) is 0 Å². The van der Waals surface area contributed by atoms with Gasteiger partial charge in [-0.2, -0.15) is 0 Å². The Morgan fingerprint density at radius 1 is 1.44 bits per heavy atom. The Morgan fingerprint density at radius 2 is 2.00 bits per heavy atom. The van der Waals surface area contributed by atoms with Gasteiger partial charge in [-0.1, -0.05) is 12.2 Å². The molecule has 0 amide bonds. The molecule has 1 heterocycles. The maximum atomic E-state index is 5.08. The fraction of sp³-hybridized carbons (Fsp3) is 0.857. The van der Waals surface area contributed by atoms with Crippen LogP contribution in [0.1, 0.15) is 27.2 Å². The molecule has 1 aliphatic heterocycles. The van der Waals surface area contributed by atoms with E-state index in [9.17, 15) is 0 Å². The van der Waals surface area contributed by atoms with E-state index in [0.717, 1.165) is 18.0 Å². The Morgan fingerprint density at radius 3 is 2.00 bits per heavy atom.